The van der Waals surface area contributed by atoms with E-state index in [1.54, 1.807) is 7.11 Å². The summed E-state index contributed by atoms with van der Waals surface area (Å²) in [6.07, 6.45) is 2.75. The maximum atomic E-state index is 12.3. The van der Waals surface area contributed by atoms with Crippen molar-refractivity contribution in [3.05, 3.63) is 60.8 Å². The van der Waals surface area contributed by atoms with Crippen LogP contribution >= 0.6 is 0 Å². The Morgan fingerprint density at radius 3 is 2.78 bits per heavy atom. The number of nitrogens with zero attached hydrogens (tertiary/aromatic N) is 2. The number of amides is 2. The third-order valence-electron chi connectivity index (χ3n) is 4.84. The van der Waals surface area contributed by atoms with Gasteiger partial charge in [0.15, 0.2) is 0 Å². The molecule has 2 heterocycles. The van der Waals surface area contributed by atoms with E-state index in [1.165, 1.54) is 5.69 Å². The highest BCUT2D eigenvalue weighted by Gasteiger charge is 2.25. The molecule has 1 fully saturated rings. The monoisotopic (exact) mass is 362 g/mol. The number of fused-ring (bicyclic) bond motifs is 1. The lowest BCUT2D eigenvalue weighted by atomic mass is 10.2. The van der Waals surface area contributed by atoms with Crippen LogP contribution in [0.2, 0.25) is 0 Å². The van der Waals surface area contributed by atoms with E-state index in [2.05, 4.69) is 26.6 Å². The number of nitrogens with one attached hydrogen (secondary N) is 2. The zero-order valence-corrected chi connectivity index (χ0v) is 15.2. The molecule has 0 aliphatic carbocycles. The Hall–Kier alpha value is -3.28. The molecule has 0 bridgehead atoms. The van der Waals surface area contributed by atoms with Crippen LogP contribution in [0.3, 0.4) is 0 Å². The van der Waals surface area contributed by atoms with Crippen molar-refractivity contribution in [2.24, 2.45) is 0 Å². The van der Waals surface area contributed by atoms with E-state index in [0.29, 0.717) is 0 Å². The molecule has 0 saturated carbocycles. The molecule has 1 aromatic heterocycles. The molecule has 1 aliphatic rings. The minimum Gasteiger partial charge on any atom is -0.497 e. The number of aromatic nitrogens is 1. The summed E-state index contributed by atoms with van der Waals surface area (Å²) in [4.78, 5) is 19.0. The number of carbonyl (C=O) groups is 1. The summed E-state index contributed by atoms with van der Waals surface area (Å²) < 4.78 is 5.13. The number of para-hydroxylation sites is 1. The Kier molecular flexibility index (Phi) is 4.78. The van der Waals surface area contributed by atoms with Crippen LogP contribution in [0.5, 0.6) is 5.75 Å². The van der Waals surface area contributed by atoms with Gasteiger partial charge in [-0.25, -0.2) is 4.79 Å². The van der Waals surface area contributed by atoms with Crippen LogP contribution in [0.15, 0.2) is 60.8 Å². The van der Waals surface area contributed by atoms with Gasteiger partial charge in [0.1, 0.15) is 5.75 Å². The molecule has 4 rings (SSSR count). The minimum absolute atomic E-state index is 0.107. The largest absolute Gasteiger partial charge is 0.497 e. The van der Waals surface area contributed by atoms with E-state index in [0.717, 1.165) is 41.9 Å². The first-order valence-corrected chi connectivity index (χ1v) is 9.03. The lowest BCUT2D eigenvalue weighted by molar-refractivity contribution is 0.249. The van der Waals surface area contributed by atoms with Gasteiger partial charge in [0.25, 0.3) is 0 Å². The molecule has 6 nitrogen and oxygen atoms in total. The molecule has 6 heteroatoms. The summed E-state index contributed by atoms with van der Waals surface area (Å²) in [6, 6.07) is 17.4. The van der Waals surface area contributed by atoms with Crippen molar-refractivity contribution >= 4 is 28.3 Å². The third-order valence-corrected chi connectivity index (χ3v) is 4.84. The summed E-state index contributed by atoms with van der Waals surface area (Å²) in [5.41, 5.74) is 2.90. The highest BCUT2D eigenvalue weighted by molar-refractivity contribution is 5.92. The van der Waals surface area contributed by atoms with Gasteiger partial charge in [-0.1, -0.05) is 18.2 Å². The van der Waals surface area contributed by atoms with Crippen molar-refractivity contribution < 1.29 is 9.53 Å². The van der Waals surface area contributed by atoms with E-state index in [1.807, 2.05) is 54.7 Å². The molecule has 2 amide bonds. The number of benzene rings is 2. The van der Waals surface area contributed by atoms with Crippen molar-refractivity contribution in [3.63, 3.8) is 0 Å². The predicted molar refractivity (Wildman–Crippen MR) is 108 cm³/mol. The van der Waals surface area contributed by atoms with Gasteiger partial charge >= 0.3 is 6.03 Å². The van der Waals surface area contributed by atoms with E-state index in [-0.39, 0.29) is 12.1 Å². The maximum Gasteiger partial charge on any atom is 0.319 e. The van der Waals surface area contributed by atoms with Gasteiger partial charge in [0.05, 0.1) is 12.6 Å². The summed E-state index contributed by atoms with van der Waals surface area (Å²) in [7, 11) is 1.62. The van der Waals surface area contributed by atoms with Crippen molar-refractivity contribution in [1.29, 1.82) is 0 Å². The fraction of sp³-hybridized carbons (Fsp3) is 0.238. The molecule has 2 N–H and O–H groups in total. The quantitative estimate of drug-likeness (QED) is 0.744. The second kappa shape index (κ2) is 7.53. The number of hydrogen-bond acceptors (Lipinski definition) is 4. The number of carbonyl (C=O) groups excluding carboxylic acids is 1. The number of anilines is 2. The maximum absolute atomic E-state index is 12.3. The second-order valence-corrected chi connectivity index (χ2v) is 6.61. The lowest BCUT2D eigenvalue weighted by Crippen LogP contribution is -2.39. The lowest BCUT2D eigenvalue weighted by Gasteiger charge is -2.20. The Labute approximate surface area is 158 Å². The van der Waals surface area contributed by atoms with Gasteiger partial charge in [-0.15, -0.1) is 0 Å². The molecule has 1 unspecified atom stereocenters. The first kappa shape index (κ1) is 17.1. The van der Waals surface area contributed by atoms with Crippen molar-refractivity contribution in [2.75, 3.05) is 30.4 Å². The second-order valence-electron chi connectivity index (χ2n) is 6.61. The standard InChI is InChI=1S/C21H22N4O2/c1-27-17-8-6-15(7-9-17)23-21(26)24-16-11-13-25(14-16)20-10-12-22-19-5-3-2-4-18(19)20/h2-10,12,16H,11,13-14H2,1H3,(H2,23,24,26). The number of ether oxygens (including phenoxy) is 1. The Bertz CT molecular complexity index is 937. The van der Waals surface area contributed by atoms with E-state index < -0.39 is 0 Å². The number of urea groups is 1. The summed E-state index contributed by atoms with van der Waals surface area (Å²) >= 11 is 0. The average molecular weight is 362 g/mol. The van der Waals surface area contributed by atoms with Crippen molar-refractivity contribution in [2.45, 2.75) is 12.5 Å². The van der Waals surface area contributed by atoms with Crippen LogP contribution in [0, 0.1) is 0 Å². The topological polar surface area (TPSA) is 66.5 Å². The average Bonchev–Trinajstić information content (AvgIpc) is 3.16. The molecular weight excluding hydrogens is 340 g/mol. The molecule has 27 heavy (non-hydrogen) atoms. The fourth-order valence-corrected chi connectivity index (χ4v) is 3.48. The molecule has 2 aromatic carbocycles. The molecule has 138 valence electrons. The summed E-state index contributed by atoms with van der Waals surface area (Å²) in [6.45, 7) is 1.69. The van der Waals surface area contributed by atoms with Crippen molar-refractivity contribution in [1.82, 2.24) is 10.3 Å². The Morgan fingerprint density at radius 1 is 1.15 bits per heavy atom. The minimum atomic E-state index is -0.188. The molecule has 0 radical (unpaired) electrons. The number of hydrogen-bond donors (Lipinski definition) is 2. The molecular formula is C21H22N4O2. The van der Waals surface area contributed by atoms with Crippen LogP contribution in [0.1, 0.15) is 6.42 Å². The van der Waals surface area contributed by atoms with Crippen LogP contribution in [0.4, 0.5) is 16.2 Å². The van der Waals surface area contributed by atoms with Gasteiger partial charge in [0, 0.05) is 42.1 Å². The SMILES string of the molecule is COc1ccc(NC(=O)NC2CCN(c3ccnc4ccccc34)C2)cc1. The first-order chi connectivity index (χ1) is 13.2. The molecule has 3 aromatic rings. The van der Waals surface area contributed by atoms with E-state index >= 15 is 0 Å². The highest BCUT2D eigenvalue weighted by Crippen LogP contribution is 2.28. The van der Waals surface area contributed by atoms with Crippen LogP contribution in [-0.4, -0.2) is 37.3 Å². The first-order valence-electron chi connectivity index (χ1n) is 9.03. The zero-order valence-electron chi connectivity index (χ0n) is 15.2. The summed E-state index contributed by atoms with van der Waals surface area (Å²) in [5, 5.41) is 7.08. The summed E-state index contributed by atoms with van der Waals surface area (Å²) in [5.74, 6) is 0.761. The van der Waals surface area contributed by atoms with Crippen LogP contribution < -0.4 is 20.3 Å². The van der Waals surface area contributed by atoms with Crippen molar-refractivity contribution in [3.8, 4) is 5.75 Å². The van der Waals surface area contributed by atoms with Gasteiger partial charge in [-0.3, -0.25) is 4.98 Å². The van der Waals surface area contributed by atoms with Crippen LogP contribution in [-0.2, 0) is 0 Å². The van der Waals surface area contributed by atoms with E-state index in [9.17, 15) is 4.79 Å². The number of pyridine rings is 1. The molecule has 1 saturated heterocycles. The van der Waals surface area contributed by atoms with Gasteiger partial charge in [-0.05, 0) is 42.8 Å². The smallest absolute Gasteiger partial charge is 0.319 e. The molecule has 1 aliphatic heterocycles. The van der Waals surface area contributed by atoms with Gasteiger partial charge in [-0.2, -0.15) is 0 Å². The van der Waals surface area contributed by atoms with E-state index in [4.69, 9.17) is 4.74 Å². The number of rotatable bonds is 4. The van der Waals surface area contributed by atoms with Gasteiger partial charge in [0.2, 0.25) is 0 Å². The van der Waals surface area contributed by atoms with Crippen LogP contribution in [0.25, 0.3) is 10.9 Å². The van der Waals surface area contributed by atoms with Gasteiger partial charge < -0.3 is 20.3 Å². The third kappa shape index (κ3) is 3.79. The molecule has 0 spiro atoms. The Morgan fingerprint density at radius 2 is 1.96 bits per heavy atom. The highest BCUT2D eigenvalue weighted by atomic mass is 16.5. The zero-order chi connectivity index (χ0) is 18.6. The Balaban J connectivity index is 1.38. The normalized spacial score (nSPS) is 16.3. The molecule has 1 atom stereocenters. The number of methoxy groups -OCH3 is 1. The fourth-order valence-electron chi connectivity index (χ4n) is 3.48. The predicted octanol–water partition coefficient (Wildman–Crippen LogP) is 3.64.